The van der Waals surface area contributed by atoms with Crippen LogP contribution in [0.4, 0.5) is 8.78 Å². The Morgan fingerprint density at radius 2 is 1.26 bits per heavy atom. The number of fused-ring (bicyclic) bond motifs is 3. The number of halogens is 2. The first-order chi connectivity index (χ1) is 20.5. The van der Waals surface area contributed by atoms with Crippen LogP contribution in [0, 0.1) is 11.6 Å². The Labute approximate surface area is 246 Å². The molecule has 0 bridgehead atoms. The first-order valence-corrected chi connectivity index (χ1v) is 13.2. The lowest BCUT2D eigenvalue weighted by atomic mass is 9.82. The minimum absolute atomic E-state index is 0.0551. The molecule has 43 heavy (non-hydrogen) atoms. The van der Waals surface area contributed by atoms with Crippen LogP contribution >= 0.6 is 0 Å². The third kappa shape index (κ3) is 5.88. The third-order valence-corrected chi connectivity index (χ3v) is 7.06. The molecule has 0 aromatic heterocycles. The highest BCUT2D eigenvalue weighted by molar-refractivity contribution is 5.93. The molecule has 0 amide bonds. The Balaban J connectivity index is 1.30. The second-order valence-electron chi connectivity index (χ2n) is 10.4. The average Bonchev–Trinajstić information content (AvgIpc) is 3.18. The van der Waals surface area contributed by atoms with Crippen LogP contribution in [-0.4, -0.2) is 24.7 Å². The third-order valence-electron chi connectivity index (χ3n) is 7.06. The number of carbonyl (C=O) groups is 3. The highest BCUT2D eigenvalue weighted by atomic mass is 19.1. The van der Waals surface area contributed by atoms with E-state index >= 15 is 0 Å². The van der Waals surface area contributed by atoms with Gasteiger partial charge in [0.05, 0.1) is 11.1 Å². The highest BCUT2D eigenvalue weighted by Crippen LogP contribution is 2.50. The second kappa shape index (κ2) is 11.5. The van der Waals surface area contributed by atoms with E-state index in [0.29, 0.717) is 0 Å². The van der Waals surface area contributed by atoms with Crippen LogP contribution in [0.15, 0.2) is 91.0 Å². The SMILES string of the molecule is C=C(C)C(=O)OCOc1ccc(C(=O)Oc2ccc3c(c2)C(C)(C)c2cc(OC(=O)c4ccccc4F)ccc2-3)c(F)c1. The minimum atomic E-state index is -0.909. The average molecular weight is 585 g/mol. The molecule has 0 saturated carbocycles. The van der Waals surface area contributed by atoms with Crippen molar-refractivity contribution in [2.24, 2.45) is 0 Å². The largest absolute Gasteiger partial charge is 0.457 e. The molecule has 218 valence electrons. The van der Waals surface area contributed by atoms with E-state index in [1.165, 1.54) is 37.3 Å². The summed E-state index contributed by atoms with van der Waals surface area (Å²) >= 11 is 0. The van der Waals surface area contributed by atoms with E-state index in [1.807, 2.05) is 19.9 Å². The zero-order valence-electron chi connectivity index (χ0n) is 23.5. The fourth-order valence-corrected chi connectivity index (χ4v) is 4.80. The first-order valence-electron chi connectivity index (χ1n) is 13.2. The number of benzene rings is 4. The number of esters is 3. The molecule has 7 nitrogen and oxygen atoms in total. The Morgan fingerprint density at radius 3 is 1.79 bits per heavy atom. The monoisotopic (exact) mass is 584 g/mol. The zero-order valence-corrected chi connectivity index (χ0v) is 23.5. The van der Waals surface area contributed by atoms with Crippen molar-refractivity contribution >= 4 is 17.9 Å². The number of rotatable bonds is 8. The summed E-state index contributed by atoms with van der Waals surface area (Å²) < 4.78 is 49.8. The molecule has 0 aliphatic heterocycles. The quantitative estimate of drug-likeness (QED) is 0.0940. The van der Waals surface area contributed by atoms with Gasteiger partial charge < -0.3 is 18.9 Å². The fraction of sp³-hybridized carbons (Fsp3) is 0.147. The van der Waals surface area contributed by atoms with Crippen molar-refractivity contribution in [1.29, 1.82) is 0 Å². The van der Waals surface area contributed by atoms with Crippen LogP contribution in [0.1, 0.15) is 52.6 Å². The summed E-state index contributed by atoms with van der Waals surface area (Å²) in [5, 5.41) is 0. The van der Waals surface area contributed by atoms with Crippen molar-refractivity contribution in [3.05, 3.63) is 125 Å². The maximum atomic E-state index is 14.7. The van der Waals surface area contributed by atoms with Crippen molar-refractivity contribution in [3.8, 4) is 28.4 Å². The van der Waals surface area contributed by atoms with E-state index in [9.17, 15) is 23.2 Å². The molecular weight excluding hydrogens is 558 g/mol. The minimum Gasteiger partial charge on any atom is -0.457 e. The maximum absolute atomic E-state index is 14.7. The molecule has 0 heterocycles. The first kappa shape index (κ1) is 29.2. The van der Waals surface area contributed by atoms with Gasteiger partial charge in [-0.15, -0.1) is 0 Å². The summed E-state index contributed by atoms with van der Waals surface area (Å²) in [5.41, 5.74) is 2.64. The van der Waals surface area contributed by atoms with Gasteiger partial charge in [-0.2, -0.15) is 0 Å². The predicted molar refractivity (Wildman–Crippen MR) is 153 cm³/mol. The van der Waals surface area contributed by atoms with Crippen molar-refractivity contribution in [1.82, 2.24) is 0 Å². The molecule has 1 aliphatic rings. The molecular formula is C34H26F2O7. The van der Waals surface area contributed by atoms with Crippen LogP contribution in [0.2, 0.25) is 0 Å². The van der Waals surface area contributed by atoms with Crippen molar-refractivity contribution < 1.29 is 42.1 Å². The van der Waals surface area contributed by atoms with E-state index in [4.69, 9.17) is 18.9 Å². The lowest BCUT2D eigenvalue weighted by Gasteiger charge is -2.22. The van der Waals surface area contributed by atoms with Crippen LogP contribution in [0.3, 0.4) is 0 Å². The topological polar surface area (TPSA) is 88.1 Å². The normalized spacial score (nSPS) is 12.5. The van der Waals surface area contributed by atoms with E-state index in [-0.39, 0.29) is 33.9 Å². The standard InChI is InChI=1S/C34H26F2O7/c1-19(2)31(37)41-18-40-20-9-14-26(30(36)17-20)33(39)43-22-11-13-24-23-12-10-21(15-27(23)34(3,4)28(24)16-22)42-32(38)25-7-5-6-8-29(25)35/h5-17H,1,18H2,2-4H3. The summed E-state index contributed by atoms with van der Waals surface area (Å²) in [4.78, 5) is 36.8. The molecule has 4 aromatic carbocycles. The summed E-state index contributed by atoms with van der Waals surface area (Å²) in [6, 6.07) is 19.5. The Hall–Kier alpha value is -5.31. The number of hydrogen-bond acceptors (Lipinski definition) is 7. The van der Waals surface area contributed by atoms with E-state index in [0.717, 1.165) is 28.3 Å². The summed E-state index contributed by atoms with van der Waals surface area (Å²) in [6.45, 7) is 8.43. The second-order valence-corrected chi connectivity index (χ2v) is 10.4. The Bertz CT molecular complexity index is 1790. The molecule has 0 radical (unpaired) electrons. The van der Waals surface area contributed by atoms with Gasteiger partial charge in [0.15, 0.2) is 0 Å². The van der Waals surface area contributed by atoms with Crippen molar-refractivity contribution in [2.75, 3.05) is 6.79 Å². The van der Waals surface area contributed by atoms with Gasteiger partial charge in [0, 0.05) is 17.1 Å². The maximum Gasteiger partial charge on any atom is 0.346 e. The van der Waals surface area contributed by atoms with Gasteiger partial charge in [0.25, 0.3) is 0 Å². The van der Waals surface area contributed by atoms with Crippen LogP contribution in [-0.2, 0) is 14.9 Å². The van der Waals surface area contributed by atoms with Gasteiger partial charge in [0.2, 0.25) is 6.79 Å². The Kier molecular flexibility index (Phi) is 7.82. The van der Waals surface area contributed by atoms with Crippen LogP contribution < -0.4 is 14.2 Å². The lowest BCUT2D eigenvalue weighted by molar-refractivity contribution is -0.145. The molecule has 0 N–H and O–H groups in total. The molecule has 5 rings (SSSR count). The van der Waals surface area contributed by atoms with E-state index in [1.54, 1.807) is 36.4 Å². The van der Waals surface area contributed by atoms with Gasteiger partial charge in [-0.3, -0.25) is 0 Å². The summed E-state index contributed by atoms with van der Waals surface area (Å²) in [6.07, 6.45) is 0. The molecule has 4 aromatic rings. The van der Waals surface area contributed by atoms with Gasteiger partial charge >= 0.3 is 17.9 Å². The van der Waals surface area contributed by atoms with Crippen LogP contribution in [0.25, 0.3) is 11.1 Å². The molecule has 0 saturated heterocycles. The number of carbonyl (C=O) groups excluding carboxylic acids is 3. The molecule has 1 aliphatic carbocycles. The van der Waals surface area contributed by atoms with Gasteiger partial charge in [0.1, 0.15) is 28.9 Å². The summed E-state index contributed by atoms with van der Waals surface area (Å²) in [7, 11) is 0. The molecule has 9 heteroatoms. The van der Waals surface area contributed by atoms with Gasteiger partial charge in [-0.25, -0.2) is 23.2 Å². The number of ether oxygens (including phenoxy) is 4. The number of hydrogen-bond donors (Lipinski definition) is 0. The van der Waals surface area contributed by atoms with E-state index < -0.39 is 41.8 Å². The predicted octanol–water partition coefficient (Wildman–Crippen LogP) is 7.17. The Morgan fingerprint density at radius 1 is 0.721 bits per heavy atom. The highest BCUT2D eigenvalue weighted by Gasteiger charge is 2.36. The smallest absolute Gasteiger partial charge is 0.346 e. The van der Waals surface area contributed by atoms with Gasteiger partial charge in [-0.05, 0) is 77.7 Å². The fourth-order valence-electron chi connectivity index (χ4n) is 4.80. The zero-order chi connectivity index (χ0) is 30.9. The van der Waals surface area contributed by atoms with Gasteiger partial charge in [-0.1, -0.05) is 44.7 Å². The lowest BCUT2D eigenvalue weighted by Crippen LogP contribution is -2.16. The van der Waals surface area contributed by atoms with Crippen molar-refractivity contribution in [2.45, 2.75) is 26.2 Å². The van der Waals surface area contributed by atoms with E-state index in [2.05, 4.69) is 6.58 Å². The molecule has 0 spiro atoms. The van der Waals surface area contributed by atoms with Crippen molar-refractivity contribution in [3.63, 3.8) is 0 Å². The summed E-state index contributed by atoms with van der Waals surface area (Å²) in [5.74, 6) is -3.38. The molecule has 0 unspecified atom stereocenters. The molecule has 0 fully saturated rings. The molecule has 0 atom stereocenters. The van der Waals surface area contributed by atoms with Crippen LogP contribution in [0.5, 0.6) is 17.2 Å².